The van der Waals surface area contributed by atoms with Crippen LogP contribution in [0.1, 0.15) is 27.9 Å². The van der Waals surface area contributed by atoms with Crippen molar-refractivity contribution in [1.82, 2.24) is 4.90 Å². The topological polar surface area (TPSA) is 88.5 Å². The fourth-order valence-corrected chi connectivity index (χ4v) is 5.43. The number of anilines is 1. The first-order valence-corrected chi connectivity index (χ1v) is 13.1. The molecule has 0 saturated carbocycles. The number of carbonyl (C=O) groups excluding carboxylic acids is 2. The molecule has 2 aliphatic rings. The van der Waals surface area contributed by atoms with Crippen LogP contribution in [0, 0.1) is 0 Å². The maximum absolute atomic E-state index is 13.8. The predicted molar refractivity (Wildman–Crippen MR) is 146 cm³/mol. The van der Waals surface area contributed by atoms with Crippen LogP contribution in [0.2, 0.25) is 0 Å². The van der Waals surface area contributed by atoms with Gasteiger partial charge in [0.25, 0.3) is 5.91 Å². The summed E-state index contributed by atoms with van der Waals surface area (Å²) >= 11 is 1.58. The van der Waals surface area contributed by atoms with Crippen LogP contribution in [-0.2, 0) is 11.3 Å². The van der Waals surface area contributed by atoms with Crippen molar-refractivity contribution in [2.24, 2.45) is 0 Å². The number of thiophene rings is 1. The maximum atomic E-state index is 13.8. The van der Waals surface area contributed by atoms with Gasteiger partial charge in [0.05, 0.1) is 24.4 Å². The Kier molecular flexibility index (Phi) is 7.48. The van der Waals surface area contributed by atoms with E-state index < -0.39 is 18.4 Å². The molecule has 196 valence electrons. The second kappa shape index (κ2) is 11.1. The van der Waals surface area contributed by atoms with E-state index in [1.54, 1.807) is 28.4 Å². The molecule has 5 rings (SSSR count). The third-order valence-corrected chi connectivity index (χ3v) is 7.34. The summed E-state index contributed by atoms with van der Waals surface area (Å²) in [6.45, 7) is 4.09. The SMILES string of the molecule is C=CCOC(=O)N1c2cc(OCc3ccccc3)c(OC)cc2C(=O)N2CC=C(c3ccsc3)C[C@H]2[C@@H]1O. The van der Waals surface area contributed by atoms with Crippen molar-refractivity contribution in [1.29, 1.82) is 0 Å². The molecule has 0 aliphatic carbocycles. The lowest BCUT2D eigenvalue weighted by atomic mass is 9.94. The number of aliphatic hydroxyl groups excluding tert-OH is 1. The fourth-order valence-electron chi connectivity index (χ4n) is 4.75. The standard InChI is InChI=1S/C29H28N2O6S/c1-3-12-36-29(34)31-23-16-26(37-17-19-7-5-4-6-8-19)25(35-2)15-22(23)27(32)30-11-9-20(14-24(30)28(31)33)21-10-13-38-18-21/h3-10,13,15-16,18,24,28,33H,1,11-12,14,17H2,2H3/t24-,28-/m0/s1. The van der Waals surface area contributed by atoms with Gasteiger partial charge in [-0.1, -0.05) is 49.1 Å². The lowest BCUT2D eigenvalue weighted by Gasteiger charge is -2.38. The van der Waals surface area contributed by atoms with Gasteiger partial charge in [0.2, 0.25) is 0 Å². The number of amides is 2. The van der Waals surface area contributed by atoms with Gasteiger partial charge in [0, 0.05) is 12.6 Å². The minimum absolute atomic E-state index is 0.0483. The molecule has 38 heavy (non-hydrogen) atoms. The Hall–Kier alpha value is -4.08. The molecule has 3 heterocycles. The molecule has 0 spiro atoms. The first-order valence-electron chi connectivity index (χ1n) is 12.2. The number of fused-ring (bicyclic) bond motifs is 2. The molecule has 0 bridgehead atoms. The number of carbonyl (C=O) groups is 2. The van der Waals surface area contributed by atoms with Crippen molar-refractivity contribution in [3.63, 3.8) is 0 Å². The summed E-state index contributed by atoms with van der Waals surface area (Å²) in [5, 5.41) is 15.6. The molecule has 0 unspecified atom stereocenters. The zero-order chi connectivity index (χ0) is 26.6. The zero-order valence-electron chi connectivity index (χ0n) is 20.9. The average Bonchev–Trinajstić information content (AvgIpc) is 3.47. The van der Waals surface area contributed by atoms with Crippen LogP contribution in [0.4, 0.5) is 10.5 Å². The van der Waals surface area contributed by atoms with E-state index in [-0.39, 0.29) is 36.9 Å². The van der Waals surface area contributed by atoms with Gasteiger partial charge in [-0.3, -0.25) is 4.79 Å². The monoisotopic (exact) mass is 532 g/mol. The number of methoxy groups -OCH3 is 1. The van der Waals surface area contributed by atoms with E-state index in [0.717, 1.165) is 21.6 Å². The summed E-state index contributed by atoms with van der Waals surface area (Å²) in [7, 11) is 1.49. The summed E-state index contributed by atoms with van der Waals surface area (Å²) in [6, 6.07) is 14.0. The van der Waals surface area contributed by atoms with Crippen LogP contribution in [0.3, 0.4) is 0 Å². The van der Waals surface area contributed by atoms with Crippen molar-refractivity contribution >= 4 is 34.6 Å². The van der Waals surface area contributed by atoms with Gasteiger partial charge in [-0.15, -0.1) is 0 Å². The highest BCUT2D eigenvalue weighted by molar-refractivity contribution is 7.08. The molecular formula is C29H28N2O6S. The first-order chi connectivity index (χ1) is 18.5. The van der Waals surface area contributed by atoms with Gasteiger partial charge in [-0.05, 0) is 46.0 Å². The third-order valence-electron chi connectivity index (χ3n) is 6.66. The lowest BCUT2D eigenvalue weighted by molar-refractivity contribution is 0.0397. The van der Waals surface area contributed by atoms with E-state index >= 15 is 0 Å². The molecule has 2 atom stereocenters. The second-order valence-electron chi connectivity index (χ2n) is 8.91. The van der Waals surface area contributed by atoms with Crippen LogP contribution in [0.5, 0.6) is 11.5 Å². The number of hydrogen-bond donors (Lipinski definition) is 1. The largest absolute Gasteiger partial charge is 0.493 e. The molecule has 0 saturated heterocycles. The summed E-state index contributed by atoms with van der Waals surface area (Å²) < 4.78 is 17.0. The quantitative estimate of drug-likeness (QED) is 0.426. The number of aliphatic hydroxyl groups is 1. The van der Waals surface area contributed by atoms with Gasteiger partial charge in [0.1, 0.15) is 13.2 Å². The molecule has 1 aromatic heterocycles. The Morgan fingerprint density at radius 3 is 2.74 bits per heavy atom. The van der Waals surface area contributed by atoms with E-state index in [1.807, 2.05) is 53.2 Å². The van der Waals surface area contributed by atoms with Crippen molar-refractivity contribution in [2.45, 2.75) is 25.3 Å². The van der Waals surface area contributed by atoms with Gasteiger partial charge in [0.15, 0.2) is 17.7 Å². The molecule has 2 amide bonds. The van der Waals surface area contributed by atoms with E-state index in [4.69, 9.17) is 14.2 Å². The van der Waals surface area contributed by atoms with Crippen LogP contribution in [0.25, 0.3) is 5.57 Å². The Labute approximate surface area is 225 Å². The molecule has 8 nitrogen and oxygen atoms in total. The summed E-state index contributed by atoms with van der Waals surface area (Å²) in [4.78, 5) is 29.9. The van der Waals surface area contributed by atoms with Gasteiger partial charge < -0.3 is 24.2 Å². The van der Waals surface area contributed by atoms with Gasteiger partial charge in [-0.25, -0.2) is 9.69 Å². The normalized spacial score (nSPS) is 18.6. The van der Waals surface area contributed by atoms with Crippen LogP contribution in [0.15, 0.2) is 78.0 Å². The molecule has 0 radical (unpaired) electrons. The number of hydrogen-bond acceptors (Lipinski definition) is 7. The van der Waals surface area contributed by atoms with E-state index in [9.17, 15) is 14.7 Å². The molecule has 3 aromatic rings. The number of ether oxygens (including phenoxy) is 3. The van der Waals surface area contributed by atoms with E-state index in [1.165, 1.54) is 13.2 Å². The Morgan fingerprint density at radius 1 is 1.21 bits per heavy atom. The van der Waals surface area contributed by atoms with Gasteiger partial charge in [-0.2, -0.15) is 11.3 Å². The van der Waals surface area contributed by atoms with Crippen molar-refractivity contribution in [2.75, 3.05) is 25.2 Å². The lowest BCUT2D eigenvalue weighted by Crippen LogP contribution is -2.54. The predicted octanol–water partition coefficient (Wildman–Crippen LogP) is 5.09. The summed E-state index contributed by atoms with van der Waals surface area (Å²) in [5.41, 5.74) is 3.38. The number of rotatable bonds is 7. The maximum Gasteiger partial charge on any atom is 0.416 e. The number of nitrogens with zero attached hydrogens (tertiary/aromatic N) is 2. The molecule has 2 aromatic carbocycles. The summed E-state index contributed by atoms with van der Waals surface area (Å²) in [6.07, 6.45) is 1.65. The van der Waals surface area contributed by atoms with Gasteiger partial charge >= 0.3 is 6.09 Å². The van der Waals surface area contributed by atoms with Crippen molar-refractivity contribution in [3.8, 4) is 11.5 Å². The number of benzene rings is 2. The third kappa shape index (κ3) is 4.90. The van der Waals surface area contributed by atoms with Crippen LogP contribution < -0.4 is 14.4 Å². The van der Waals surface area contributed by atoms with Crippen molar-refractivity contribution < 1.29 is 28.9 Å². The molecule has 1 N–H and O–H groups in total. The van der Waals surface area contributed by atoms with Crippen LogP contribution in [-0.4, -0.2) is 54.5 Å². The molecule has 2 aliphatic heterocycles. The highest BCUT2D eigenvalue weighted by Crippen LogP contribution is 2.42. The highest BCUT2D eigenvalue weighted by Gasteiger charge is 2.44. The second-order valence-corrected chi connectivity index (χ2v) is 9.69. The molecular weight excluding hydrogens is 504 g/mol. The average molecular weight is 533 g/mol. The Morgan fingerprint density at radius 2 is 2.03 bits per heavy atom. The van der Waals surface area contributed by atoms with E-state index in [0.29, 0.717) is 17.9 Å². The van der Waals surface area contributed by atoms with Crippen molar-refractivity contribution in [3.05, 3.63) is 94.7 Å². The summed E-state index contributed by atoms with van der Waals surface area (Å²) in [5.74, 6) is 0.345. The minimum atomic E-state index is -1.37. The smallest absolute Gasteiger partial charge is 0.416 e. The highest BCUT2D eigenvalue weighted by atomic mass is 32.1. The molecule has 0 fully saturated rings. The fraction of sp³-hybridized carbons (Fsp3) is 0.241. The van der Waals surface area contributed by atoms with E-state index in [2.05, 4.69) is 6.58 Å². The minimum Gasteiger partial charge on any atom is -0.493 e. The zero-order valence-corrected chi connectivity index (χ0v) is 21.7. The first kappa shape index (κ1) is 25.6. The van der Waals surface area contributed by atoms with Crippen LogP contribution >= 0.6 is 11.3 Å². The molecule has 9 heteroatoms. The Balaban J connectivity index is 1.56. The Bertz CT molecular complexity index is 1350.